The summed E-state index contributed by atoms with van der Waals surface area (Å²) in [6, 6.07) is 0. The van der Waals surface area contributed by atoms with Crippen molar-refractivity contribution in [3.8, 4) is 0 Å². The van der Waals surface area contributed by atoms with Gasteiger partial charge in [0.05, 0.1) is 31.5 Å². The molecule has 0 aromatic heterocycles. The highest BCUT2D eigenvalue weighted by Gasteiger charge is 2.28. The Morgan fingerprint density at radius 2 is 1.59 bits per heavy atom. The molecule has 0 aromatic carbocycles. The van der Waals surface area contributed by atoms with Crippen molar-refractivity contribution >= 4 is 0 Å². The molecule has 1 aliphatic rings. The third-order valence-electron chi connectivity index (χ3n) is 3.70. The lowest BCUT2D eigenvalue weighted by atomic mass is 9.98. The fraction of sp³-hybridized carbons (Fsp3) is 1.00. The molecule has 0 radical (unpaired) electrons. The maximum absolute atomic E-state index is 9.85. The van der Waals surface area contributed by atoms with Gasteiger partial charge in [0.2, 0.25) is 0 Å². The van der Waals surface area contributed by atoms with E-state index in [2.05, 4.69) is 5.32 Å². The van der Waals surface area contributed by atoms with Gasteiger partial charge in [0, 0.05) is 6.54 Å². The Morgan fingerprint density at radius 1 is 1.06 bits per heavy atom. The van der Waals surface area contributed by atoms with Crippen LogP contribution < -0.4 is 5.32 Å². The summed E-state index contributed by atoms with van der Waals surface area (Å²) >= 11 is 0. The van der Waals surface area contributed by atoms with Crippen LogP contribution in [-0.2, 0) is 0 Å². The van der Waals surface area contributed by atoms with Crippen molar-refractivity contribution in [2.45, 2.75) is 43.7 Å². The van der Waals surface area contributed by atoms with Crippen LogP contribution in [0.15, 0.2) is 0 Å². The molecule has 0 amide bonds. The first-order valence-electron chi connectivity index (χ1n) is 6.41. The van der Waals surface area contributed by atoms with Crippen molar-refractivity contribution in [2.75, 3.05) is 26.4 Å². The predicted molar refractivity (Wildman–Crippen MR) is 64.6 cm³/mol. The average molecular weight is 247 g/mol. The average Bonchev–Trinajstić information content (AvgIpc) is 2.84. The van der Waals surface area contributed by atoms with E-state index in [0.29, 0.717) is 5.92 Å². The molecule has 0 bridgehead atoms. The predicted octanol–water partition coefficient (Wildman–Crippen LogP) is -0.767. The maximum atomic E-state index is 9.85. The number of aliphatic hydroxyl groups excluding tert-OH is 4. The van der Waals surface area contributed by atoms with Crippen LogP contribution in [-0.4, -0.2) is 58.4 Å². The molecule has 17 heavy (non-hydrogen) atoms. The molecular formula is C12H25NO4. The quantitative estimate of drug-likeness (QED) is 0.388. The zero-order valence-corrected chi connectivity index (χ0v) is 10.3. The van der Waals surface area contributed by atoms with Gasteiger partial charge >= 0.3 is 0 Å². The molecule has 102 valence electrons. The summed E-state index contributed by atoms with van der Waals surface area (Å²) in [5.74, 6) is 0.596. The molecule has 1 atom stereocenters. The molecule has 5 N–H and O–H groups in total. The molecule has 1 saturated carbocycles. The van der Waals surface area contributed by atoms with Crippen molar-refractivity contribution in [3.63, 3.8) is 0 Å². The first kappa shape index (κ1) is 14.9. The molecule has 0 saturated heterocycles. The Bertz CT molecular complexity index is 194. The summed E-state index contributed by atoms with van der Waals surface area (Å²) in [5.41, 5.74) is -1.09. The Kier molecular flexibility index (Phi) is 6.37. The molecule has 1 aliphatic carbocycles. The number of β-amino-alcohol motifs (C(OH)–C–C–N with tert-alkyl or cyclic N) is 1. The lowest BCUT2D eigenvalue weighted by Gasteiger charge is -2.30. The molecule has 0 aromatic rings. The van der Waals surface area contributed by atoms with E-state index in [1.165, 1.54) is 25.7 Å². The maximum Gasteiger partial charge on any atom is 0.0882 e. The van der Waals surface area contributed by atoms with Gasteiger partial charge in [-0.3, -0.25) is 0 Å². The largest absolute Gasteiger partial charge is 0.394 e. The van der Waals surface area contributed by atoms with E-state index < -0.39 is 11.6 Å². The summed E-state index contributed by atoms with van der Waals surface area (Å²) in [6.45, 7) is -0.763. The second-order valence-corrected chi connectivity index (χ2v) is 5.18. The summed E-state index contributed by atoms with van der Waals surface area (Å²) in [7, 11) is 0. The van der Waals surface area contributed by atoms with E-state index in [0.717, 1.165) is 6.42 Å². The molecule has 0 aliphatic heterocycles. The van der Waals surface area contributed by atoms with Gasteiger partial charge in [-0.2, -0.15) is 0 Å². The molecule has 1 fully saturated rings. The summed E-state index contributed by atoms with van der Waals surface area (Å²) in [5, 5.41) is 40.0. The molecule has 5 nitrogen and oxygen atoms in total. The fourth-order valence-electron chi connectivity index (χ4n) is 2.37. The normalized spacial score (nSPS) is 19.8. The van der Waals surface area contributed by atoms with Crippen LogP contribution >= 0.6 is 0 Å². The zero-order chi connectivity index (χ0) is 12.7. The van der Waals surface area contributed by atoms with E-state index in [1.807, 2.05) is 0 Å². The van der Waals surface area contributed by atoms with Crippen LogP contribution in [0.1, 0.15) is 32.1 Å². The molecular weight excluding hydrogens is 222 g/mol. The van der Waals surface area contributed by atoms with E-state index >= 15 is 0 Å². The van der Waals surface area contributed by atoms with Crippen molar-refractivity contribution in [3.05, 3.63) is 0 Å². The van der Waals surface area contributed by atoms with Crippen LogP contribution in [0.2, 0.25) is 0 Å². The molecule has 5 heteroatoms. The van der Waals surface area contributed by atoms with Crippen molar-refractivity contribution in [1.82, 2.24) is 5.32 Å². The number of hydrogen-bond donors (Lipinski definition) is 5. The highest BCUT2D eigenvalue weighted by atomic mass is 16.3. The van der Waals surface area contributed by atoms with Gasteiger partial charge < -0.3 is 25.7 Å². The number of nitrogens with one attached hydrogen (secondary N) is 1. The lowest BCUT2D eigenvalue weighted by Crippen LogP contribution is -2.56. The molecule has 1 rings (SSSR count). The van der Waals surface area contributed by atoms with Crippen LogP contribution in [0.4, 0.5) is 0 Å². The Morgan fingerprint density at radius 3 is 2.06 bits per heavy atom. The number of rotatable bonds is 8. The van der Waals surface area contributed by atoms with Gasteiger partial charge in [-0.1, -0.05) is 25.7 Å². The molecule has 0 spiro atoms. The highest BCUT2D eigenvalue weighted by molar-refractivity contribution is 4.87. The Hall–Kier alpha value is -0.200. The van der Waals surface area contributed by atoms with Crippen molar-refractivity contribution < 1.29 is 20.4 Å². The zero-order valence-electron chi connectivity index (χ0n) is 10.3. The molecule has 0 heterocycles. The highest BCUT2D eigenvalue weighted by Crippen LogP contribution is 2.28. The summed E-state index contributed by atoms with van der Waals surface area (Å²) < 4.78 is 0. The topological polar surface area (TPSA) is 93.0 Å². The fourth-order valence-corrected chi connectivity index (χ4v) is 2.37. The minimum atomic E-state index is -1.09. The third kappa shape index (κ3) is 4.52. The lowest BCUT2D eigenvalue weighted by molar-refractivity contribution is 0.0297. The van der Waals surface area contributed by atoms with Crippen LogP contribution in [0.3, 0.4) is 0 Å². The third-order valence-corrected chi connectivity index (χ3v) is 3.70. The van der Waals surface area contributed by atoms with E-state index in [9.17, 15) is 5.11 Å². The van der Waals surface area contributed by atoms with E-state index in [1.54, 1.807) is 0 Å². The standard InChI is InChI=1S/C12H25NO4/c14-7-12(8-15,9-16)13-6-11(17)5-10-3-1-2-4-10/h10-11,13-17H,1-9H2. The van der Waals surface area contributed by atoms with Gasteiger partial charge in [-0.15, -0.1) is 0 Å². The Balaban J connectivity index is 2.27. The first-order valence-corrected chi connectivity index (χ1v) is 6.41. The van der Waals surface area contributed by atoms with E-state index in [4.69, 9.17) is 15.3 Å². The van der Waals surface area contributed by atoms with Gasteiger partial charge in [0.1, 0.15) is 0 Å². The van der Waals surface area contributed by atoms with Gasteiger partial charge in [0.25, 0.3) is 0 Å². The van der Waals surface area contributed by atoms with Crippen molar-refractivity contribution in [2.24, 2.45) is 5.92 Å². The smallest absolute Gasteiger partial charge is 0.0882 e. The second-order valence-electron chi connectivity index (χ2n) is 5.18. The second kappa shape index (κ2) is 7.28. The van der Waals surface area contributed by atoms with Gasteiger partial charge in [-0.25, -0.2) is 0 Å². The van der Waals surface area contributed by atoms with Crippen LogP contribution in [0.5, 0.6) is 0 Å². The summed E-state index contributed by atoms with van der Waals surface area (Å²) in [4.78, 5) is 0. The SMILES string of the molecule is OCC(CO)(CO)NCC(O)CC1CCCC1. The first-order chi connectivity index (χ1) is 8.15. The summed E-state index contributed by atoms with van der Waals surface area (Å²) in [6.07, 6.45) is 5.13. The molecule has 1 unspecified atom stereocenters. The van der Waals surface area contributed by atoms with Crippen molar-refractivity contribution in [1.29, 1.82) is 0 Å². The van der Waals surface area contributed by atoms with Gasteiger partial charge in [0.15, 0.2) is 0 Å². The number of aliphatic hydroxyl groups is 4. The minimum Gasteiger partial charge on any atom is -0.394 e. The monoisotopic (exact) mass is 247 g/mol. The van der Waals surface area contributed by atoms with Crippen LogP contribution in [0, 0.1) is 5.92 Å². The van der Waals surface area contributed by atoms with Gasteiger partial charge in [-0.05, 0) is 12.3 Å². The Labute approximate surface area is 102 Å². The number of hydrogen-bond acceptors (Lipinski definition) is 5. The minimum absolute atomic E-state index is 0.290. The van der Waals surface area contributed by atoms with Crippen LogP contribution in [0.25, 0.3) is 0 Å². The van der Waals surface area contributed by atoms with E-state index in [-0.39, 0.29) is 26.4 Å².